The van der Waals surface area contributed by atoms with Crippen molar-refractivity contribution in [1.29, 1.82) is 0 Å². The van der Waals surface area contributed by atoms with Gasteiger partial charge in [-0.25, -0.2) is 15.0 Å². The monoisotopic (exact) mass is 380 g/mol. The van der Waals surface area contributed by atoms with Gasteiger partial charge in [0.1, 0.15) is 5.65 Å². The summed E-state index contributed by atoms with van der Waals surface area (Å²) >= 11 is 5.95. The van der Waals surface area contributed by atoms with Crippen LogP contribution in [0.4, 0.5) is 0 Å². The van der Waals surface area contributed by atoms with E-state index in [0.717, 1.165) is 33.1 Å². The average molecular weight is 381 g/mol. The lowest BCUT2D eigenvalue weighted by molar-refractivity contribution is 1.18. The highest BCUT2D eigenvalue weighted by atomic mass is 35.5. The second-order valence-electron chi connectivity index (χ2n) is 6.76. The molecule has 0 N–H and O–H groups in total. The smallest absolute Gasteiger partial charge is 0.159 e. The summed E-state index contributed by atoms with van der Waals surface area (Å²) in [5.74, 6) is 0.650. The van der Waals surface area contributed by atoms with E-state index in [0.29, 0.717) is 10.8 Å². The Labute approximate surface area is 165 Å². The van der Waals surface area contributed by atoms with Gasteiger partial charge in [-0.15, -0.1) is 0 Å². The van der Waals surface area contributed by atoms with Gasteiger partial charge in [-0.1, -0.05) is 60.1 Å². The highest BCUT2D eigenvalue weighted by molar-refractivity contribution is 6.30. The third kappa shape index (κ3) is 2.15. The van der Waals surface area contributed by atoms with Crippen molar-refractivity contribution in [1.82, 2.24) is 19.4 Å². The lowest BCUT2D eigenvalue weighted by atomic mass is 10.0. The summed E-state index contributed by atoms with van der Waals surface area (Å²) in [6.45, 7) is 0. The average Bonchev–Trinajstić information content (AvgIpc) is 3.14. The van der Waals surface area contributed by atoms with Crippen LogP contribution in [0.1, 0.15) is 0 Å². The molecule has 4 nitrogen and oxygen atoms in total. The molecule has 0 saturated carbocycles. The Morgan fingerprint density at radius 3 is 2.32 bits per heavy atom. The molecule has 3 heterocycles. The van der Waals surface area contributed by atoms with Gasteiger partial charge in [-0.05, 0) is 23.6 Å². The number of halogens is 1. The van der Waals surface area contributed by atoms with E-state index in [-0.39, 0.29) is 0 Å². The van der Waals surface area contributed by atoms with E-state index in [1.165, 1.54) is 10.8 Å². The first-order valence-corrected chi connectivity index (χ1v) is 9.37. The van der Waals surface area contributed by atoms with E-state index >= 15 is 0 Å². The molecule has 28 heavy (non-hydrogen) atoms. The number of nitrogens with zero attached hydrogens (tertiary/aromatic N) is 4. The molecule has 0 fully saturated rings. The zero-order valence-electron chi connectivity index (χ0n) is 14.7. The van der Waals surface area contributed by atoms with E-state index < -0.39 is 0 Å². The van der Waals surface area contributed by atoms with Gasteiger partial charge in [0.05, 0.1) is 21.6 Å². The van der Waals surface area contributed by atoms with Crippen LogP contribution in [0.3, 0.4) is 0 Å². The Morgan fingerprint density at radius 1 is 0.714 bits per heavy atom. The van der Waals surface area contributed by atoms with Crippen LogP contribution < -0.4 is 0 Å². The zero-order valence-corrected chi connectivity index (χ0v) is 15.4. The summed E-state index contributed by atoms with van der Waals surface area (Å²) < 4.78 is 2.23. The molecule has 0 spiro atoms. The fourth-order valence-electron chi connectivity index (χ4n) is 3.91. The molecular formula is C23H13ClN4. The maximum absolute atomic E-state index is 5.95. The number of rotatable bonds is 1. The summed E-state index contributed by atoms with van der Waals surface area (Å²) in [6, 6.07) is 23.0. The van der Waals surface area contributed by atoms with Crippen molar-refractivity contribution in [2.45, 2.75) is 0 Å². The lowest BCUT2D eigenvalue weighted by Crippen LogP contribution is -1.93. The predicted octanol–water partition coefficient (Wildman–Crippen LogP) is 5.90. The van der Waals surface area contributed by atoms with Crippen LogP contribution in [0.5, 0.6) is 0 Å². The van der Waals surface area contributed by atoms with Crippen molar-refractivity contribution in [3.05, 3.63) is 84.1 Å². The maximum Gasteiger partial charge on any atom is 0.159 e. The Morgan fingerprint density at radius 2 is 1.46 bits per heavy atom. The highest BCUT2D eigenvalue weighted by Gasteiger charge is 2.14. The molecule has 6 rings (SSSR count). The molecule has 3 aromatic heterocycles. The number of imidazole rings is 1. The number of hydrogen-bond donors (Lipinski definition) is 0. The molecule has 0 aliphatic carbocycles. The minimum absolute atomic E-state index is 0.526. The number of pyridine rings is 1. The minimum Gasteiger partial charge on any atom is -0.292 e. The molecule has 3 aromatic carbocycles. The number of hydrogen-bond acceptors (Lipinski definition) is 3. The van der Waals surface area contributed by atoms with Crippen LogP contribution in [0, 0.1) is 0 Å². The minimum atomic E-state index is 0.526. The standard InChI is InChI=1S/C23H13ClN4/c24-15-12-25-22(26-13-15)14-9-10-17-16-5-1-2-6-18(16)23-27-19-7-3-4-8-20(19)28(23)21(17)11-14/h1-13H. The highest BCUT2D eigenvalue weighted by Crippen LogP contribution is 2.33. The van der Waals surface area contributed by atoms with Gasteiger partial charge in [0.25, 0.3) is 0 Å². The Hall–Kier alpha value is -3.50. The van der Waals surface area contributed by atoms with Crippen molar-refractivity contribution in [2.75, 3.05) is 0 Å². The Kier molecular flexibility index (Phi) is 3.19. The summed E-state index contributed by atoms with van der Waals surface area (Å²) in [5, 5.41) is 4.02. The van der Waals surface area contributed by atoms with Crippen LogP contribution in [0.2, 0.25) is 5.02 Å². The van der Waals surface area contributed by atoms with Gasteiger partial charge in [0.2, 0.25) is 0 Å². The first-order valence-electron chi connectivity index (χ1n) is 8.99. The molecule has 0 aliphatic rings. The van der Waals surface area contributed by atoms with Crippen molar-refractivity contribution in [3.63, 3.8) is 0 Å². The molecule has 0 saturated heterocycles. The molecule has 0 aliphatic heterocycles. The SMILES string of the molecule is Clc1cnc(-c2ccc3c4ccccc4c4nc5ccccc5n4c3c2)nc1. The third-order valence-electron chi connectivity index (χ3n) is 5.14. The van der Waals surface area contributed by atoms with Gasteiger partial charge in [-0.3, -0.25) is 4.40 Å². The maximum atomic E-state index is 5.95. The first-order chi connectivity index (χ1) is 13.8. The van der Waals surface area contributed by atoms with Crippen molar-refractivity contribution >= 4 is 50.0 Å². The first kappa shape index (κ1) is 15.5. The van der Waals surface area contributed by atoms with Crippen LogP contribution in [-0.2, 0) is 0 Å². The lowest BCUT2D eigenvalue weighted by Gasteiger charge is -2.10. The molecule has 0 radical (unpaired) electrons. The van der Waals surface area contributed by atoms with Crippen molar-refractivity contribution < 1.29 is 0 Å². The predicted molar refractivity (Wildman–Crippen MR) is 114 cm³/mol. The van der Waals surface area contributed by atoms with Crippen LogP contribution >= 0.6 is 11.6 Å². The van der Waals surface area contributed by atoms with Gasteiger partial charge < -0.3 is 0 Å². The molecule has 0 amide bonds. The second kappa shape index (κ2) is 5.75. The topological polar surface area (TPSA) is 43.1 Å². The third-order valence-corrected chi connectivity index (χ3v) is 5.33. The number of benzene rings is 3. The van der Waals surface area contributed by atoms with E-state index in [1.54, 1.807) is 12.4 Å². The van der Waals surface area contributed by atoms with Gasteiger partial charge in [0, 0.05) is 28.7 Å². The largest absolute Gasteiger partial charge is 0.292 e. The van der Waals surface area contributed by atoms with E-state index in [2.05, 4.69) is 69.0 Å². The van der Waals surface area contributed by atoms with Gasteiger partial charge in [0.15, 0.2) is 5.82 Å². The van der Waals surface area contributed by atoms with E-state index in [1.807, 2.05) is 12.1 Å². The molecule has 132 valence electrons. The Balaban J connectivity index is 1.82. The molecule has 0 atom stereocenters. The summed E-state index contributed by atoms with van der Waals surface area (Å²) in [6.07, 6.45) is 3.24. The zero-order chi connectivity index (χ0) is 18.7. The number of aromatic nitrogens is 4. The normalized spacial score (nSPS) is 11.8. The molecule has 0 bridgehead atoms. The number of para-hydroxylation sites is 2. The van der Waals surface area contributed by atoms with Gasteiger partial charge in [-0.2, -0.15) is 0 Å². The van der Waals surface area contributed by atoms with Crippen LogP contribution in [0.15, 0.2) is 79.1 Å². The quantitative estimate of drug-likeness (QED) is 0.333. The van der Waals surface area contributed by atoms with E-state index in [9.17, 15) is 0 Å². The van der Waals surface area contributed by atoms with Crippen LogP contribution in [-0.4, -0.2) is 19.4 Å². The second-order valence-corrected chi connectivity index (χ2v) is 7.20. The molecular weight excluding hydrogens is 368 g/mol. The number of fused-ring (bicyclic) bond motifs is 8. The fourth-order valence-corrected chi connectivity index (χ4v) is 4.01. The van der Waals surface area contributed by atoms with E-state index in [4.69, 9.17) is 16.6 Å². The molecule has 0 unspecified atom stereocenters. The van der Waals surface area contributed by atoms with Gasteiger partial charge >= 0.3 is 0 Å². The van der Waals surface area contributed by atoms with Crippen molar-refractivity contribution in [2.24, 2.45) is 0 Å². The summed E-state index contributed by atoms with van der Waals surface area (Å²) in [5.41, 5.74) is 5.05. The summed E-state index contributed by atoms with van der Waals surface area (Å²) in [4.78, 5) is 13.7. The Bertz CT molecular complexity index is 1520. The molecule has 5 heteroatoms. The van der Waals surface area contributed by atoms with Crippen molar-refractivity contribution in [3.8, 4) is 11.4 Å². The summed E-state index contributed by atoms with van der Waals surface area (Å²) in [7, 11) is 0. The molecule has 6 aromatic rings. The van der Waals surface area contributed by atoms with Crippen LogP contribution in [0.25, 0.3) is 49.7 Å². The fraction of sp³-hybridized carbons (Fsp3) is 0.